The lowest BCUT2D eigenvalue weighted by atomic mass is 9.69. The first kappa shape index (κ1) is 28.4. The van der Waals surface area contributed by atoms with Gasteiger partial charge in [-0.15, -0.1) is 0 Å². The van der Waals surface area contributed by atoms with Crippen molar-refractivity contribution in [2.45, 2.75) is 25.4 Å². The smallest absolute Gasteiger partial charge is 0.423 e. The number of pyridine rings is 1. The van der Waals surface area contributed by atoms with Crippen molar-refractivity contribution in [2.24, 2.45) is 17.8 Å². The second-order valence-corrected chi connectivity index (χ2v) is 10.9. The Morgan fingerprint density at radius 2 is 1.86 bits per heavy atom. The van der Waals surface area contributed by atoms with Crippen LogP contribution in [-0.4, -0.2) is 59.3 Å². The topological polar surface area (TPSA) is 115 Å². The van der Waals surface area contributed by atoms with Crippen molar-refractivity contribution >= 4 is 29.6 Å². The van der Waals surface area contributed by atoms with Crippen LogP contribution in [0.3, 0.4) is 0 Å². The van der Waals surface area contributed by atoms with Crippen LogP contribution in [0.15, 0.2) is 90.1 Å². The van der Waals surface area contributed by atoms with Crippen molar-refractivity contribution in [3.63, 3.8) is 0 Å². The number of likely N-dealkylation sites (tertiary alicyclic amines) is 1. The number of nitrogens with zero attached hydrogens (tertiary/aromatic N) is 2. The summed E-state index contributed by atoms with van der Waals surface area (Å²) < 4.78 is 17.2. The molecule has 3 aromatic rings. The highest BCUT2D eigenvalue weighted by Gasteiger charge is 2.59. The zero-order valence-corrected chi connectivity index (χ0v) is 23.7. The van der Waals surface area contributed by atoms with E-state index in [9.17, 15) is 19.5 Å². The summed E-state index contributed by atoms with van der Waals surface area (Å²) in [5.41, 5.74) is 4.53. The zero-order valence-electron chi connectivity index (χ0n) is 23.7. The molecule has 3 heterocycles. The monoisotopic (exact) mass is 580 g/mol. The van der Waals surface area contributed by atoms with E-state index in [1.165, 1.54) is 0 Å². The number of ether oxygens (including phenoxy) is 3. The lowest BCUT2D eigenvalue weighted by Crippen LogP contribution is -2.38. The molecule has 4 atom stereocenters. The molecule has 43 heavy (non-hydrogen) atoms. The fraction of sp³-hybridized carbons (Fsp3) is 0.294. The van der Waals surface area contributed by atoms with Crippen LogP contribution >= 0.6 is 0 Å². The van der Waals surface area contributed by atoms with Crippen LogP contribution in [0.25, 0.3) is 11.6 Å². The molecule has 2 fully saturated rings. The Morgan fingerprint density at radius 3 is 2.60 bits per heavy atom. The maximum Gasteiger partial charge on any atom is 0.423 e. The molecule has 2 saturated heterocycles. The first-order valence-electron chi connectivity index (χ1n) is 14.3. The van der Waals surface area contributed by atoms with Gasteiger partial charge in [0.05, 0.1) is 37.4 Å². The van der Waals surface area contributed by atoms with Gasteiger partial charge >= 0.3 is 6.09 Å². The van der Waals surface area contributed by atoms with Crippen molar-refractivity contribution in [3.05, 3.63) is 101 Å². The first-order chi connectivity index (χ1) is 20.9. The minimum atomic E-state index is -0.958. The van der Waals surface area contributed by atoms with Crippen LogP contribution in [0.5, 0.6) is 11.5 Å². The van der Waals surface area contributed by atoms with Crippen molar-refractivity contribution < 1.29 is 33.7 Å². The number of amides is 3. The van der Waals surface area contributed by atoms with Gasteiger partial charge in [-0.1, -0.05) is 36.4 Å². The third-order valence-corrected chi connectivity index (χ3v) is 8.40. The number of benzene rings is 2. The number of carbonyl (C=O) groups is 3. The van der Waals surface area contributed by atoms with E-state index >= 15 is 0 Å². The van der Waals surface area contributed by atoms with Gasteiger partial charge in [-0.2, -0.15) is 4.90 Å². The van der Waals surface area contributed by atoms with Crippen LogP contribution in [0.1, 0.15) is 30.5 Å². The molecule has 6 rings (SSSR count). The number of phenols is 1. The van der Waals surface area contributed by atoms with Crippen LogP contribution < -0.4 is 4.74 Å². The standard InChI is InChI=1S/C34H32N2O7/c1-41-34(40)36-32(38)26-18-23(19-42-25-10-3-2-4-11-25)30-27(31(26)33(36)39)20-43-29(30)14-13-22(28-12-5-6-15-35-28)16-21-8-7-9-24(37)17-21/h2-12,15-17,26-27,29,31,37H,13-14,18-20H2,1H3/b22-16-/t26-,27+,29-,31-/m1/s1. The Balaban J connectivity index is 1.31. The predicted molar refractivity (Wildman–Crippen MR) is 157 cm³/mol. The lowest BCUT2D eigenvalue weighted by Gasteiger charge is -2.31. The number of fused-ring (bicyclic) bond motifs is 3. The Morgan fingerprint density at radius 1 is 1.05 bits per heavy atom. The number of carbonyl (C=O) groups excluding carboxylic acids is 3. The molecule has 0 spiro atoms. The van der Waals surface area contributed by atoms with Gasteiger partial charge in [0, 0.05) is 12.1 Å². The number of methoxy groups -OCH3 is 1. The summed E-state index contributed by atoms with van der Waals surface area (Å²) in [5, 5.41) is 10.0. The SMILES string of the molecule is COC(=O)N1C(=O)[C@@H]2[C@@H](CC(COc3ccccc3)=C3[C@@H](CC/C(=C/c4cccc(O)c4)c4ccccn4)OC[C@@H]32)C1=O. The highest BCUT2D eigenvalue weighted by molar-refractivity contribution is 6.16. The van der Waals surface area contributed by atoms with E-state index in [0.717, 1.165) is 35.1 Å². The number of aromatic nitrogens is 1. The Kier molecular flexibility index (Phi) is 8.07. The third kappa shape index (κ3) is 5.68. The van der Waals surface area contributed by atoms with Crippen LogP contribution in [0, 0.1) is 17.8 Å². The molecule has 9 nitrogen and oxygen atoms in total. The molecule has 2 aromatic carbocycles. The number of allylic oxidation sites excluding steroid dienone is 1. The number of hydrogen-bond acceptors (Lipinski definition) is 8. The number of rotatable bonds is 8. The molecule has 2 aliphatic heterocycles. The van der Waals surface area contributed by atoms with E-state index in [1.807, 2.05) is 60.7 Å². The molecular weight excluding hydrogens is 548 g/mol. The summed E-state index contributed by atoms with van der Waals surface area (Å²) in [6, 6.07) is 22.2. The minimum absolute atomic E-state index is 0.179. The zero-order chi connectivity index (χ0) is 29.9. The molecule has 9 heteroatoms. The van der Waals surface area contributed by atoms with Crippen molar-refractivity contribution in [1.29, 1.82) is 0 Å². The summed E-state index contributed by atoms with van der Waals surface area (Å²) in [7, 11) is 1.16. The molecule has 1 aromatic heterocycles. The van der Waals surface area contributed by atoms with Crippen LogP contribution in [0.4, 0.5) is 4.79 Å². The van der Waals surface area contributed by atoms with E-state index in [-0.39, 0.29) is 31.0 Å². The highest BCUT2D eigenvalue weighted by atomic mass is 16.5. The van der Waals surface area contributed by atoms with Gasteiger partial charge < -0.3 is 19.3 Å². The van der Waals surface area contributed by atoms with E-state index < -0.39 is 29.7 Å². The third-order valence-electron chi connectivity index (χ3n) is 8.40. The Bertz CT molecular complexity index is 1580. The van der Waals surface area contributed by atoms with Gasteiger partial charge in [-0.25, -0.2) is 4.79 Å². The van der Waals surface area contributed by atoms with E-state index in [0.29, 0.717) is 29.9 Å². The van der Waals surface area contributed by atoms with Crippen LogP contribution in [-0.2, 0) is 19.1 Å². The van der Waals surface area contributed by atoms with Crippen LogP contribution in [0.2, 0.25) is 0 Å². The lowest BCUT2D eigenvalue weighted by molar-refractivity contribution is -0.137. The number of aromatic hydroxyl groups is 1. The highest BCUT2D eigenvalue weighted by Crippen LogP contribution is 2.50. The molecule has 1 N–H and O–H groups in total. The van der Waals surface area contributed by atoms with E-state index in [4.69, 9.17) is 14.2 Å². The van der Waals surface area contributed by atoms with E-state index in [1.54, 1.807) is 24.4 Å². The molecule has 3 aliphatic rings. The Labute approximate surface area is 249 Å². The van der Waals surface area contributed by atoms with Gasteiger partial charge in [-0.3, -0.25) is 14.6 Å². The molecular formula is C34H32N2O7. The number of para-hydroxylation sites is 1. The summed E-state index contributed by atoms with van der Waals surface area (Å²) in [5.74, 6) is -1.91. The minimum Gasteiger partial charge on any atom is -0.508 e. The number of phenolic OH excluding ortho intramolecular Hbond substituents is 1. The van der Waals surface area contributed by atoms with Gasteiger partial charge in [0.25, 0.3) is 0 Å². The molecule has 0 unspecified atom stereocenters. The molecule has 0 bridgehead atoms. The average Bonchev–Trinajstić information content (AvgIpc) is 3.56. The van der Waals surface area contributed by atoms with Crippen molar-refractivity contribution in [1.82, 2.24) is 9.88 Å². The quantitative estimate of drug-likeness (QED) is 0.283. The van der Waals surface area contributed by atoms with Crippen molar-refractivity contribution in [3.8, 4) is 11.5 Å². The summed E-state index contributed by atoms with van der Waals surface area (Å²) >= 11 is 0. The molecule has 3 amide bonds. The van der Waals surface area contributed by atoms with Crippen molar-refractivity contribution in [2.75, 3.05) is 20.3 Å². The number of hydrogen-bond donors (Lipinski definition) is 1. The van der Waals surface area contributed by atoms with Gasteiger partial charge in [0.1, 0.15) is 18.1 Å². The molecule has 220 valence electrons. The predicted octanol–water partition coefficient (Wildman–Crippen LogP) is 5.27. The largest absolute Gasteiger partial charge is 0.508 e. The van der Waals surface area contributed by atoms with Gasteiger partial charge in [-0.05, 0) is 84.0 Å². The van der Waals surface area contributed by atoms with E-state index in [2.05, 4.69) is 4.98 Å². The first-order valence-corrected chi connectivity index (χ1v) is 14.3. The maximum atomic E-state index is 13.4. The fourth-order valence-electron chi connectivity index (χ4n) is 6.49. The molecule has 1 aliphatic carbocycles. The Hall–Kier alpha value is -4.76. The maximum absolute atomic E-state index is 13.4. The summed E-state index contributed by atoms with van der Waals surface area (Å²) in [6.45, 7) is 0.504. The molecule has 0 saturated carbocycles. The molecule has 0 radical (unpaired) electrons. The second-order valence-electron chi connectivity index (χ2n) is 10.9. The second kappa shape index (κ2) is 12.2. The summed E-state index contributed by atoms with van der Waals surface area (Å²) in [6.07, 6.45) is 3.98. The number of imide groups is 3. The average molecular weight is 581 g/mol. The normalized spacial score (nSPS) is 23.3. The fourth-order valence-corrected chi connectivity index (χ4v) is 6.49. The summed E-state index contributed by atoms with van der Waals surface area (Å²) in [4.78, 5) is 44.3. The van der Waals surface area contributed by atoms with Gasteiger partial charge in [0.15, 0.2) is 0 Å². The van der Waals surface area contributed by atoms with Gasteiger partial charge in [0.2, 0.25) is 11.8 Å².